The second-order valence-electron chi connectivity index (χ2n) is 6.40. The fourth-order valence-corrected chi connectivity index (χ4v) is 2.45. The Morgan fingerprint density at radius 1 is 1.32 bits per heavy atom. The topological polar surface area (TPSA) is 77.2 Å². The fourth-order valence-electron chi connectivity index (χ4n) is 1.87. The molecular weight excluding hydrogens is 338 g/mol. The summed E-state index contributed by atoms with van der Waals surface area (Å²) < 4.78 is 10.8. The molecule has 0 aliphatic rings. The number of alkyl carbamates (subject to hydrolysis) is 1. The minimum Gasteiger partial charge on any atom is -0.444 e. The van der Waals surface area contributed by atoms with Gasteiger partial charge in [-0.2, -0.15) is 0 Å². The van der Waals surface area contributed by atoms with Crippen LogP contribution in [0.5, 0.6) is 0 Å². The molecule has 2 aromatic rings. The van der Waals surface area contributed by atoms with Crippen LogP contribution in [0, 0.1) is 0 Å². The third-order valence-electron chi connectivity index (χ3n) is 2.94. The van der Waals surface area contributed by atoms with E-state index in [1.165, 1.54) is 11.8 Å². The summed E-state index contributed by atoms with van der Waals surface area (Å²) in [5, 5.41) is 11.1. The Kier molecular flexibility index (Phi) is 6.64. The summed E-state index contributed by atoms with van der Waals surface area (Å²) >= 11 is 1.44. The normalized spacial score (nSPS) is 13.0. The quantitative estimate of drug-likeness (QED) is 0.765. The molecule has 0 saturated carbocycles. The van der Waals surface area contributed by atoms with Crippen LogP contribution in [0.3, 0.4) is 0 Å². The number of carbonyl (C=O) groups excluding carboxylic acids is 1. The zero-order chi connectivity index (χ0) is 18.3. The first-order valence-electron chi connectivity index (χ1n) is 8.01. The largest absolute Gasteiger partial charge is 0.444 e. The van der Waals surface area contributed by atoms with Gasteiger partial charge in [0.15, 0.2) is 0 Å². The molecule has 0 bridgehead atoms. The Bertz CT molecular complexity index is 708. The summed E-state index contributed by atoms with van der Waals surface area (Å²) in [7, 11) is 0. The van der Waals surface area contributed by atoms with Gasteiger partial charge in [0.05, 0.1) is 0 Å². The minimum absolute atomic E-state index is 0.348. The molecule has 0 fully saturated rings. The Morgan fingerprint density at radius 3 is 2.72 bits per heavy atom. The molecule has 134 valence electrons. The number of thioether (sulfide) groups is 1. The molecule has 0 radical (unpaired) electrons. The Morgan fingerprint density at radius 2 is 2.04 bits per heavy atom. The molecule has 1 N–H and O–H groups in total. The Labute approximate surface area is 152 Å². The molecule has 25 heavy (non-hydrogen) atoms. The molecule has 1 heterocycles. The van der Waals surface area contributed by atoms with Gasteiger partial charge in [-0.05, 0) is 33.3 Å². The summed E-state index contributed by atoms with van der Waals surface area (Å²) in [5.74, 6) is 1.06. The van der Waals surface area contributed by atoms with Crippen LogP contribution in [0.25, 0.3) is 6.08 Å². The fraction of sp³-hybridized carbons (Fsp3) is 0.389. The Hall–Kier alpha value is -2.28. The van der Waals surface area contributed by atoms with E-state index in [0.29, 0.717) is 16.9 Å². The van der Waals surface area contributed by atoms with E-state index in [-0.39, 0.29) is 0 Å². The molecule has 0 aliphatic heterocycles. The smallest absolute Gasteiger partial charge is 0.408 e. The van der Waals surface area contributed by atoms with Crippen LogP contribution >= 0.6 is 11.8 Å². The van der Waals surface area contributed by atoms with Crippen molar-refractivity contribution in [3.05, 3.63) is 47.9 Å². The second-order valence-corrected chi connectivity index (χ2v) is 7.37. The number of ether oxygens (including phenoxy) is 1. The van der Waals surface area contributed by atoms with E-state index in [2.05, 4.69) is 15.5 Å². The van der Waals surface area contributed by atoms with Crippen molar-refractivity contribution >= 4 is 23.9 Å². The van der Waals surface area contributed by atoms with E-state index in [0.717, 1.165) is 5.56 Å². The summed E-state index contributed by atoms with van der Waals surface area (Å²) in [4.78, 5) is 11.8. The van der Waals surface area contributed by atoms with Crippen molar-refractivity contribution in [2.75, 3.05) is 5.75 Å². The number of nitrogens with one attached hydrogen (secondary N) is 1. The molecule has 0 unspecified atom stereocenters. The lowest BCUT2D eigenvalue weighted by molar-refractivity contribution is 0.0500. The third-order valence-corrected chi connectivity index (χ3v) is 3.71. The zero-order valence-corrected chi connectivity index (χ0v) is 15.7. The van der Waals surface area contributed by atoms with Crippen molar-refractivity contribution in [1.82, 2.24) is 15.5 Å². The van der Waals surface area contributed by atoms with E-state index in [1.54, 1.807) is 6.92 Å². The van der Waals surface area contributed by atoms with Crippen LogP contribution in [0.4, 0.5) is 4.79 Å². The molecule has 1 aromatic heterocycles. The molecule has 0 aliphatic carbocycles. The van der Waals surface area contributed by atoms with Gasteiger partial charge in [-0.15, -0.1) is 10.2 Å². The van der Waals surface area contributed by atoms with Gasteiger partial charge in [0.25, 0.3) is 5.22 Å². The number of amides is 1. The maximum absolute atomic E-state index is 11.8. The van der Waals surface area contributed by atoms with E-state index in [1.807, 2.05) is 63.3 Å². The third kappa shape index (κ3) is 7.01. The van der Waals surface area contributed by atoms with Crippen molar-refractivity contribution in [3.8, 4) is 0 Å². The maximum atomic E-state index is 11.8. The van der Waals surface area contributed by atoms with Gasteiger partial charge in [-0.1, -0.05) is 54.2 Å². The average Bonchev–Trinajstić information content (AvgIpc) is 3.00. The van der Waals surface area contributed by atoms with Crippen LogP contribution < -0.4 is 5.32 Å². The summed E-state index contributed by atoms with van der Waals surface area (Å²) in [6.45, 7) is 7.19. The van der Waals surface area contributed by atoms with Crippen molar-refractivity contribution in [2.24, 2.45) is 0 Å². The molecular formula is C18H23N3O3S. The van der Waals surface area contributed by atoms with Crippen LogP contribution in [0.2, 0.25) is 0 Å². The number of hydrogen-bond acceptors (Lipinski definition) is 6. The highest BCUT2D eigenvalue weighted by molar-refractivity contribution is 7.99. The molecule has 1 aromatic carbocycles. The van der Waals surface area contributed by atoms with Gasteiger partial charge < -0.3 is 14.5 Å². The molecule has 1 atom stereocenters. The van der Waals surface area contributed by atoms with E-state index in [4.69, 9.17) is 9.15 Å². The minimum atomic E-state index is -0.551. The van der Waals surface area contributed by atoms with Gasteiger partial charge in [0.2, 0.25) is 5.89 Å². The van der Waals surface area contributed by atoms with Gasteiger partial charge in [-0.3, -0.25) is 0 Å². The predicted octanol–water partition coefficient (Wildman–Crippen LogP) is 4.46. The van der Waals surface area contributed by atoms with Gasteiger partial charge >= 0.3 is 6.09 Å². The highest BCUT2D eigenvalue weighted by Gasteiger charge is 2.21. The first kappa shape index (κ1) is 19.1. The van der Waals surface area contributed by atoms with Crippen molar-refractivity contribution in [2.45, 2.75) is 44.6 Å². The molecule has 2 rings (SSSR count). The molecule has 1 amide bonds. The summed E-state index contributed by atoms with van der Waals surface area (Å²) in [6, 6.07) is 9.63. The number of benzene rings is 1. The predicted molar refractivity (Wildman–Crippen MR) is 98.3 cm³/mol. The first-order valence-corrected chi connectivity index (χ1v) is 8.99. The molecule has 7 heteroatoms. The standard InChI is InChI=1S/C18H23N3O3S/c1-13(19-16(22)24-18(2,3)4)15-20-21-17(23-15)25-12-8-11-14-9-6-5-7-10-14/h5-11,13H,12H2,1-4H3,(H,19,22)/b11-8+/t13-/m0/s1. The SMILES string of the molecule is C[C@H](NC(=O)OC(C)(C)C)c1nnc(SC/C=C/c2ccccc2)o1. The monoisotopic (exact) mass is 361 g/mol. The lowest BCUT2D eigenvalue weighted by Crippen LogP contribution is -2.34. The van der Waals surface area contributed by atoms with Crippen molar-refractivity contribution < 1.29 is 13.9 Å². The maximum Gasteiger partial charge on any atom is 0.408 e. The molecule has 0 saturated heterocycles. The van der Waals surface area contributed by atoms with Crippen LogP contribution in [0.15, 0.2) is 46.0 Å². The zero-order valence-electron chi connectivity index (χ0n) is 14.9. The van der Waals surface area contributed by atoms with Gasteiger partial charge in [0.1, 0.15) is 11.6 Å². The van der Waals surface area contributed by atoms with Crippen molar-refractivity contribution in [1.29, 1.82) is 0 Å². The van der Waals surface area contributed by atoms with Crippen LogP contribution in [-0.4, -0.2) is 27.6 Å². The lowest BCUT2D eigenvalue weighted by Gasteiger charge is -2.20. The second kappa shape index (κ2) is 8.71. The molecule has 0 spiro atoms. The number of nitrogens with zero attached hydrogens (tertiary/aromatic N) is 2. The van der Waals surface area contributed by atoms with Crippen LogP contribution in [0.1, 0.15) is 45.2 Å². The summed E-state index contributed by atoms with van der Waals surface area (Å²) in [6.07, 6.45) is 3.56. The van der Waals surface area contributed by atoms with Gasteiger partial charge in [-0.25, -0.2) is 4.79 Å². The summed E-state index contributed by atoms with van der Waals surface area (Å²) in [5.41, 5.74) is 0.592. The van der Waals surface area contributed by atoms with Crippen LogP contribution in [-0.2, 0) is 4.74 Å². The van der Waals surface area contributed by atoms with E-state index < -0.39 is 17.7 Å². The first-order chi connectivity index (χ1) is 11.8. The number of hydrogen-bond donors (Lipinski definition) is 1. The number of aromatic nitrogens is 2. The average molecular weight is 361 g/mol. The molecule has 6 nitrogen and oxygen atoms in total. The lowest BCUT2D eigenvalue weighted by atomic mass is 10.2. The highest BCUT2D eigenvalue weighted by atomic mass is 32.2. The number of rotatable bonds is 6. The highest BCUT2D eigenvalue weighted by Crippen LogP contribution is 2.20. The van der Waals surface area contributed by atoms with E-state index >= 15 is 0 Å². The Balaban J connectivity index is 1.81. The van der Waals surface area contributed by atoms with E-state index in [9.17, 15) is 4.79 Å². The van der Waals surface area contributed by atoms with Gasteiger partial charge in [0, 0.05) is 5.75 Å². The number of carbonyl (C=O) groups is 1. The van der Waals surface area contributed by atoms with Crippen molar-refractivity contribution in [3.63, 3.8) is 0 Å².